The molecule has 0 atom stereocenters. The summed E-state index contributed by atoms with van der Waals surface area (Å²) >= 11 is 0. The second-order valence-corrected chi connectivity index (χ2v) is 5.52. The van der Waals surface area contributed by atoms with Crippen LogP contribution in [0.3, 0.4) is 0 Å². The smallest absolute Gasteiger partial charge is 0.209 e. The molecule has 1 amide bonds. The molecule has 6 nitrogen and oxygen atoms in total. The van der Waals surface area contributed by atoms with Gasteiger partial charge in [-0.3, -0.25) is 4.79 Å². The predicted octanol–water partition coefficient (Wildman–Crippen LogP) is 1.11. The highest BCUT2D eigenvalue weighted by Gasteiger charge is 2.18. The summed E-state index contributed by atoms with van der Waals surface area (Å²) in [7, 11) is 0. The number of aromatic nitrogens is 2. The minimum atomic E-state index is 0.560. The van der Waals surface area contributed by atoms with Crippen LogP contribution in [0.1, 0.15) is 25.7 Å². The summed E-state index contributed by atoms with van der Waals surface area (Å²) in [4.78, 5) is 23.4. The molecule has 0 aromatic carbocycles. The number of nitrogens with zero attached hydrogens (tertiary/aromatic N) is 4. The second-order valence-electron chi connectivity index (χ2n) is 5.52. The Morgan fingerprint density at radius 3 is 2.60 bits per heavy atom. The summed E-state index contributed by atoms with van der Waals surface area (Å²) in [5.74, 6) is 1.87. The number of nitrogens with one attached hydrogen (secondary N) is 1. The van der Waals surface area contributed by atoms with Crippen molar-refractivity contribution in [3.63, 3.8) is 0 Å². The summed E-state index contributed by atoms with van der Waals surface area (Å²) in [5.41, 5.74) is 0. The fourth-order valence-electron chi connectivity index (χ4n) is 2.93. The Labute approximate surface area is 119 Å². The summed E-state index contributed by atoms with van der Waals surface area (Å²) in [5, 5.41) is 3.50. The van der Waals surface area contributed by atoms with Crippen LogP contribution in [0.25, 0.3) is 0 Å². The van der Waals surface area contributed by atoms with Crippen molar-refractivity contribution in [1.29, 1.82) is 0 Å². The van der Waals surface area contributed by atoms with E-state index in [1.807, 2.05) is 6.07 Å². The Morgan fingerprint density at radius 2 is 1.90 bits per heavy atom. The molecule has 0 bridgehead atoms. The van der Waals surface area contributed by atoms with Crippen molar-refractivity contribution in [3.05, 3.63) is 12.4 Å². The standard InChI is InChI=1S/C14H21N5O/c20-11-18-5-7-19(8-6-18)14-9-13(15-10-16-14)17-12-3-1-2-4-12/h9-12H,1-8H2,(H,15,16,17). The highest BCUT2D eigenvalue weighted by Crippen LogP contribution is 2.23. The van der Waals surface area contributed by atoms with Crippen LogP contribution in [0.4, 0.5) is 11.6 Å². The SMILES string of the molecule is O=CN1CCN(c2cc(NC3CCCC3)ncn2)CC1. The van der Waals surface area contributed by atoms with Gasteiger partial charge < -0.3 is 15.1 Å². The van der Waals surface area contributed by atoms with E-state index in [9.17, 15) is 4.79 Å². The third-order valence-corrected chi connectivity index (χ3v) is 4.15. The largest absolute Gasteiger partial charge is 0.367 e. The van der Waals surface area contributed by atoms with Gasteiger partial charge in [-0.1, -0.05) is 12.8 Å². The zero-order valence-corrected chi connectivity index (χ0v) is 11.7. The average molecular weight is 275 g/mol. The number of amides is 1. The van der Waals surface area contributed by atoms with Crippen LogP contribution < -0.4 is 10.2 Å². The van der Waals surface area contributed by atoms with Gasteiger partial charge in [0.05, 0.1) is 0 Å². The number of hydrogen-bond donors (Lipinski definition) is 1. The van der Waals surface area contributed by atoms with Gasteiger partial charge in [0, 0.05) is 38.3 Å². The summed E-state index contributed by atoms with van der Waals surface area (Å²) in [6.45, 7) is 3.19. The molecular formula is C14H21N5O. The molecule has 1 aliphatic heterocycles. The molecule has 1 N–H and O–H groups in total. The molecule has 0 radical (unpaired) electrons. The highest BCUT2D eigenvalue weighted by molar-refractivity contribution is 5.51. The molecule has 6 heteroatoms. The van der Waals surface area contributed by atoms with Gasteiger partial charge in [0.25, 0.3) is 0 Å². The minimum absolute atomic E-state index is 0.560. The molecular weight excluding hydrogens is 254 g/mol. The number of carbonyl (C=O) groups is 1. The Balaban J connectivity index is 1.63. The maximum absolute atomic E-state index is 10.7. The van der Waals surface area contributed by atoms with Gasteiger partial charge in [-0.25, -0.2) is 9.97 Å². The molecule has 1 saturated heterocycles. The van der Waals surface area contributed by atoms with E-state index in [0.29, 0.717) is 6.04 Å². The molecule has 2 heterocycles. The Morgan fingerprint density at radius 1 is 1.15 bits per heavy atom. The van der Waals surface area contributed by atoms with Crippen LogP contribution in [-0.2, 0) is 4.79 Å². The number of carbonyl (C=O) groups excluding carboxylic acids is 1. The van der Waals surface area contributed by atoms with Gasteiger partial charge in [-0.05, 0) is 12.8 Å². The van der Waals surface area contributed by atoms with E-state index in [1.54, 1.807) is 11.2 Å². The van der Waals surface area contributed by atoms with Crippen LogP contribution in [0, 0.1) is 0 Å². The maximum Gasteiger partial charge on any atom is 0.209 e. The van der Waals surface area contributed by atoms with Gasteiger partial charge >= 0.3 is 0 Å². The molecule has 1 aliphatic carbocycles. The number of hydrogen-bond acceptors (Lipinski definition) is 5. The van der Waals surface area contributed by atoms with E-state index in [1.165, 1.54) is 25.7 Å². The predicted molar refractivity (Wildman–Crippen MR) is 77.8 cm³/mol. The number of rotatable bonds is 4. The Hall–Kier alpha value is -1.85. The lowest BCUT2D eigenvalue weighted by Crippen LogP contribution is -2.46. The normalized spacial score (nSPS) is 20.2. The van der Waals surface area contributed by atoms with Crippen molar-refractivity contribution in [2.24, 2.45) is 0 Å². The first kappa shape index (κ1) is 13.1. The van der Waals surface area contributed by atoms with E-state index >= 15 is 0 Å². The Kier molecular flexibility index (Phi) is 3.99. The molecule has 1 aromatic rings. The maximum atomic E-state index is 10.7. The Bertz CT molecular complexity index is 453. The molecule has 0 unspecified atom stereocenters. The third-order valence-electron chi connectivity index (χ3n) is 4.15. The van der Waals surface area contributed by atoms with Crippen molar-refractivity contribution < 1.29 is 4.79 Å². The zero-order valence-electron chi connectivity index (χ0n) is 11.7. The van der Waals surface area contributed by atoms with Crippen LogP contribution in [0.15, 0.2) is 12.4 Å². The van der Waals surface area contributed by atoms with Gasteiger partial charge in [0.1, 0.15) is 18.0 Å². The van der Waals surface area contributed by atoms with E-state index in [0.717, 1.165) is 44.2 Å². The second kappa shape index (κ2) is 6.07. The quantitative estimate of drug-likeness (QED) is 0.834. The summed E-state index contributed by atoms with van der Waals surface area (Å²) in [6, 6.07) is 2.58. The van der Waals surface area contributed by atoms with Crippen molar-refractivity contribution in [2.45, 2.75) is 31.7 Å². The molecule has 1 saturated carbocycles. The van der Waals surface area contributed by atoms with Crippen LogP contribution in [0.2, 0.25) is 0 Å². The monoisotopic (exact) mass is 275 g/mol. The lowest BCUT2D eigenvalue weighted by Gasteiger charge is -2.33. The van der Waals surface area contributed by atoms with E-state index < -0.39 is 0 Å². The molecule has 3 rings (SSSR count). The molecule has 0 spiro atoms. The molecule has 1 aromatic heterocycles. The number of piperazine rings is 1. The van der Waals surface area contributed by atoms with Crippen molar-refractivity contribution in [1.82, 2.24) is 14.9 Å². The van der Waals surface area contributed by atoms with Gasteiger partial charge in [0.15, 0.2) is 0 Å². The van der Waals surface area contributed by atoms with Crippen molar-refractivity contribution in [3.8, 4) is 0 Å². The number of anilines is 2. The molecule has 2 aliphatic rings. The van der Waals surface area contributed by atoms with Gasteiger partial charge in [0.2, 0.25) is 6.41 Å². The van der Waals surface area contributed by atoms with E-state index in [-0.39, 0.29) is 0 Å². The molecule has 20 heavy (non-hydrogen) atoms. The lowest BCUT2D eigenvalue weighted by molar-refractivity contribution is -0.118. The van der Waals surface area contributed by atoms with Crippen LogP contribution >= 0.6 is 0 Å². The lowest BCUT2D eigenvalue weighted by atomic mass is 10.2. The zero-order chi connectivity index (χ0) is 13.8. The fourth-order valence-corrected chi connectivity index (χ4v) is 2.93. The summed E-state index contributed by atoms with van der Waals surface area (Å²) < 4.78 is 0. The average Bonchev–Trinajstić information content (AvgIpc) is 3.01. The van der Waals surface area contributed by atoms with Crippen LogP contribution in [0.5, 0.6) is 0 Å². The third kappa shape index (κ3) is 3.00. The highest BCUT2D eigenvalue weighted by atomic mass is 16.1. The van der Waals surface area contributed by atoms with Crippen molar-refractivity contribution in [2.75, 3.05) is 36.4 Å². The van der Waals surface area contributed by atoms with E-state index in [4.69, 9.17) is 0 Å². The summed E-state index contributed by atoms with van der Waals surface area (Å²) in [6.07, 6.45) is 7.63. The minimum Gasteiger partial charge on any atom is -0.367 e. The van der Waals surface area contributed by atoms with E-state index in [2.05, 4.69) is 20.2 Å². The molecule has 2 fully saturated rings. The first-order chi connectivity index (χ1) is 9.85. The first-order valence-corrected chi connectivity index (χ1v) is 7.38. The van der Waals surface area contributed by atoms with Crippen LogP contribution in [-0.4, -0.2) is 53.5 Å². The fraction of sp³-hybridized carbons (Fsp3) is 0.643. The molecule has 108 valence electrons. The topological polar surface area (TPSA) is 61.4 Å². The van der Waals surface area contributed by atoms with Gasteiger partial charge in [-0.15, -0.1) is 0 Å². The van der Waals surface area contributed by atoms with Crippen molar-refractivity contribution >= 4 is 18.0 Å². The van der Waals surface area contributed by atoms with Gasteiger partial charge in [-0.2, -0.15) is 0 Å². The first-order valence-electron chi connectivity index (χ1n) is 7.38.